The van der Waals surface area contributed by atoms with Crippen LogP contribution in [0.5, 0.6) is 5.75 Å². The lowest BCUT2D eigenvalue weighted by molar-refractivity contribution is -0.149. The molecule has 35 heavy (non-hydrogen) atoms. The largest absolute Gasteiger partial charge is 0.462 e. The fourth-order valence-electron chi connectivity index (χ4n) is 3.50. The summed E-state index contributed by atoms with van der Waals surface area (Å²) >= 11 is 6.62. The van der Waals surface area contributed by atoms with Crippen LogP contribution in [0.3, 0.4) is 0 Å². The third kappa shape index (κ3) is 7.28. The van der Waals surface area contributed by atoms with Crippen LogP contribution < -0.4 is 20.9 Å². The number of aromatic amines is 1. The van der Waals surface area contributed by atoms with Crippen molar-refractivity contribution in [2.24, 2.45) is 0 Å². The molecule has 0 spiro atoms. The van der Waals surface area contributed by atoms with E-state index in [1.54, 1.807) is 51.1 Å². The third-order valence-electron chi connectivity index (χ3n) is 5.02. The number of hydrogen-bond acceptors (Lipinski definition) is 8. The number of para-hydroxylation sites is 1. The molecule has 1 aromatic heterocycles. The first-order chi connectivity index (χ1) is 16.4. The van der Waals surface area contributed by atoms with E-state index < -0.39 is 48.2 Å². The molecule has 11 nitrogen and oxygen atoms in total. The van der Waals surface area contributed by atoms with Gasteiger partial charge in [-0.05, 0) is 46.2 Å². The molecular weight excluding hydrogens is 501 g/mol. The van der Waals surface area contributed by atoms with E-state index in [0.29, 0.717) is 0 Å². The zero-order valence-electron chi connectivity index (χ0n) is 19.8. The first-order valence-electron chi connectivity index (χ1n) is 11.0. The highest BCUT2D eigenvalue weighted by Crippen LogP contribution is 2.47. The fraction of sp³-hybridized carbons (Fsp3) is 0.500. The Hall–Kier alpha value is -2.43. The van der Waals surface area contributed by atoms with Crippen LogP contribution in [0.1, 0.15) is 40.3 Å². The maximum Gasteiger partial charge on any atom is 0.459 e. The van der Waals surface area contributed by atoms with Gasteiger partial charge in [0.05, 0.1) is 23.7 Å². The topological polar surface area (TPSA) is 138 Å². The van der Waals surface area contributed by atoms with Crippen molar-refractivity contribution < 1.29 is 27.9 Å². The Morgan fingerprint density at radius 2 is 1.97 bits per heavy atom. The zero-order chi connectivity index (χ0) is 25.8. The highest BCUT2D eigenvalue weighted by atomic mass is 35.5. The van der Waals surface area contributed by atoms with Crippen LogP contribution in [0.25, 0.3) is 0 Å². The second-order valence-electron chi connectivity index (χ2n) is 8.64. The standard InChI is InChI=1S/C22H29ClN3O8P/c1-14(2)32-19(28)15(3)25-35(30,34-16-8-6-5-7-9-16)31-13-17-12-22(4,23)20(33-17)26-11-10-18(27)24-21(26)29/h5-11,14-15,17,20H,12-13H2,1-4H3,(H,25,30)(H,24,27,29)/t15-,17-,20?,22+,35-/m0/s1. The summed E-state index contributed by atoms with van der Waals surface area (Å²) in [6.07, 6.45) is -0.411. The normalized spacial score (nSPS) is 24.6. The monoisotopic (exact) mass is 529 g/mol. The Bertz CT molecular complexity index is 1180. The Kier molecular flexibility index (Phi) is 8.61. The van der Waals surface area contributed by atoms with Gasteiger partial charge in [-0.1, -0.05) is 18.2 Å². The second kappa shape index (κ2) is 11.1. The zero-order valence-corrected chi connectivity index (χ0v) is 21.5. The molecule has 13 heteroatoms. The van der Waals surface area contributed by atoms with Gasteiger partial charge in [0.25, 0.3) is 5.56 Å². The molecule has 0 saturated carbocycles. The van der Waals surface area contributed by atoms with Crippen LogP contribution >= 0.6 is 19.3 Å². The third-order valence-corrected chi connectivity index (χ3v) is 7.01. The van der Waals surface area contributed by atoms with Crippen LogP contribution in [-0.2, 0) is 23.4 Å². The van der Waals surface area contributed by atoms with Gasteiger partial charge in [0.15, 0.2) is 6.23 Å². The summed E-state index contributed by atoms with van der Waals surface area (Å²) in [6, 6.07) is 8.53. The van der Waals surface area contributed by atoms with Crippen LogP contribution in [-0.4, -0.2) is 45.3 Å². The Balaban J connectivity index is 1.75. The number of aromatic nitrogens is 2. The van der Waals surface area contributed by atoms with Crippen molar-refractivity contribution in [2.45, 2.75) is 63.5 Å². The van der Waals surface area contributed by atoms with Crippen molar-refractivity contribution in [3.8, 4) is 5.75 Å². The number of carbonyl (C=O) groups is 1. The molecule has 1 saturated heterocycles. The van der Waals surface area contributed by atoms with Gasteiger partial charge in [-0.3, -0.25) is 23.7 Å². The summed E-state index contributed by atoms with van der Waals surface area (Å²) in [6.45, 7) is 6.34. The Morgan fingerprint density at radius 1 is 1.29 bits per heavy atom. The van der Waals surface area contributed by atoms with E-state index in [1.165, 1.54) is 23.8 Å². The van der Waals surface area contributed by atoms with E-state index in [2.05, 4.69) is 10.1 Å². The molecule has 1 unspecified atom stereocenters. The lowest BCUT2D eigenvalue weighted by Crippen LogP contribution is -2.37. The summed E-state index contributed by atoms with van der Waals surface area (Å²) < 4.78 is 37.1. The number of nitrogens with zero attached hydrogens (tertiary/aromatic N) is 1. The minimum atomic E-state index is -4.09. The lowest BCUT2D eigenvalue weighted by Gasteiger charge is -2.24. The Labute approximate surface area is 207 Å². The number of alkyl halides is 1. The van der Waals surface area contributed by atoms with E-state index in [1.807, 2.05) is 0 Å². The molecule has 2 N–H and O–H groups in total. The summed E-state index contributed by atoms with van der Waals surface area (Å²) in [5.41, 5.74) is -1.22. The molecule has 3 rings (SSSR count). The molecule has 2 aromatic rings. The second-order valence-corrected chi connectivity index (χ2v) is 11.2. The lowest BCUT2D eigenvalue weighted by atomic mass is 10.1. The van der Waals surface area contributed by atoms with Gasteiger partial charge in [0.1, 0.15) is 11.8 Å². The smallest absolute Gasteiger partial charge is 0.459 e. The average Bonchev–Trinajstić information content (AvgIpc) is 3.06. The summed E-state index contributed by atoms with van der Waals surface area (Å²) in [5, 5.41) is 2.60. The highest BCUT2D eigenvalue weighted by Gasteiger charge is 2.46. The van der Waals surface area contributed by atoms with Gasteiger partial charge in [-0.2, -0.15) is 5.09 Å². The predicted molar refractivity (Wildman–Crippen MR) is 129 cm³/mol. The van der Waals surface area contributed by atoms with Gasteiger partial charge < -0.3 is 14.0 Å². The predicted octanol–water partition coefficient (Wildman–Crippen LogP) is 2.96. The number of rotatable bonds is 10. The molecule has 0 aliphatic carbocycles. The summed E-state index contributed by atoms with van der Waals surface area (Å²) in [7, 11) is -4.09. The molecule has 5 atom stereocenters. The van der Waals surface area contributed by atoms with Crippen molar-refractivity contribution in [3.63, 3.8) is 0 Å². The van der Waals surface area contributed by atoms with Crippen molar-refractivity contribution in [1.82, 2.24) is 14.6 Å². The number of ether oxygens (including phenoxy) is 2. The van der Waals surface area contributed by atoms with E-state index in [4.69, 9.17) is 30.1 Å². The van der Waals surface area contributed by atoms with Crippen LogP contribution in [0.15, 0.2) is 52.2 Å². The minimum absolute atomic E-state index is 0.222. The minimum Gasteiger partial charge on any atom is -0.462 e. The number of H-pyrrole nitrogens is 1. The Morgan fingerprint density at radius 3 is 2.60 bits per heavy atom. The molecule has 0 bridgehead atoms. The highest BCUT2D eigenvalue weighted by molar-refractivity contribution is 7.52. The van der Waals surface area contributed by atoms with Gasteiger partial charge in [-0.25, -0.2) is 9.36 Å². The average molecular weight is 530 g/mol. The summed E-state index contributed by atoms with van der Waals surface area (Å²) in [5.74, 6) is -0.358. The number of carbonyl (C=O) groups excluding carboxylic acids is 1. The van der Waals surface area contributed by atoms with E-state index in [9.17, 15) is 18.9 Å². The summed E-state index contributed by atoms with van der Waals surface area (Å²) in [4.78, 5) is 37.0. The first-order valence-corrected chi connectivity index (χ1v) is 12.9. The number of benzene rings is 1. The van der Waals surface area contributed by atoms with Gasteiger partial charge in [0, 0.05) is 12.3 Å². The van der Waals surface area contributed by atoms with Gasteiger partial charge >= 0.3 is 19.4 Å². The number of esters is 1. The van der Waals surface area contributed by atoms with Crippen LogP contribution in [0.2, 0.25) is 0 Å². The number of hydrogen-bond donors (Lipinski definition) is 2. The van der Waals surface area contributed by atoms with E-state index in [-0.39, 0.29) is 24.9 Å². The van der Waals surface area contributed by atoms with Crippen LogP contribution in [0.4, 0.5) is 0 Å². The van der Waals surface area contributed by atoms with Crippen LogP contribution in [0, 0.1) is 0 Å². The maximum absolute atomic E-state index is 13.6. The quantitative estimate of drug-likeness (QED) is 0.270. The number of halogens is 1. The van der Waals surface area contributed by atoms with E-state index >= 15 is 0 Å². The van der Waals surface area contributed by atoms with E-state index in [0.717, 1.165) is 0 Å². The van der Waals surface area contributed by atoms with Crippen molar-refractivity contribution >= 4 is 25.3 Å². The maximum atomic E-state index is 13.6. The molecule has 2 heterocycles. The van der Waals surface area contributed by atoms with Crippen molar-refractivity contribution in [1.29, 1.82) is 0 Å². The molecule has 1 aliphatic rings. The van der Waals surface area contributed by atoms with Gasteiger partial charge in [0.2, 0.25) is 0 Å². The molecular formula is C22H29ClN3O8P. The molecule has 1 fully saturated rings. The molecule has 1 aromatic carbocycles. The molecule has 0 amide bonds. The molecule has 192 valence electrons. The SMILES string of the molecule is CC(C)OC(=O)[C@H](C)N[P@](=O)(OC[C@@H]1C[C@@](C)(Cl)C(n2ccc(=O)[nH]c2=O)O1)Oc1ccccc1. The van der Waals surface area contributed by atoms with Crippen molar-refractivity contribution in [3.05, 3.63) is 63.4 Å². The first kappa shape index (κ1) is 27.2. The fourth-order valence-corrected chi connectivity index (χ4v) is 5.35. The van der Waals surface area contributed by atoms with Gasteiger partial charge in [-0.15, -0.1) is 11.6 Å². The number of nitrogens with one attached hydrogen (secondary N) is 2. The molecule has 0 radical (unpaired) electrons. The molecule has 1 aliphatic heterocycles. The van der Waals surface area contributed by atoms with Crippen molar-refractivity contribution in [2.75, 3.05) is 6.61 Å².